The molecule has 25 heavy (non-hydrogen) atoms. The first-order chi connectivity index (χ1) is 12.0. The summed E-state index contributed by atoms with van der Waals surface area (Å²) >= 11 is 0. The zero-order valence-electron chi connectivity index (χ0n) is 13.6. The molecule has 2 aromatic rings. The van der Waals surface area contributed by atoms with E-state index in [-0.39, 0.29) is 5.75 Å². The van der Waals surface area contributed by atoms with Gasteiger partial charge in [-0.25, -0.2) is 13.2 Å². The molecule has 1 fully saturated rings. The van der Waals surface area contributed by atoms with Gasteiger partial charge in [0.15, 0.2) is 0 Å². The van der Waals surface area contributed by atoms with Crippen molar-refractivity contribution in [2.24, 2.45) is 0 Å². The molecule has 1 saturated heterocycles. The highest BCUT2D eigenvalue weighted by molar-refractivity contribution is 7.93. The van der Waals surface area contributed by atoms with Crippen LogP contribution in [0, 0.1) is 0 Å². The van der Waals surface area contributed by atoms with Crippen LogP contribution in [0.3, 0.4) is 0 Å². The number of carbonyl (C=O) groups is 1. The molecule has 0 bridgehead atoms. The van der Waals surface area contributed by atoms with Crippen LogP contribution in [0.1, 0.15) is 6.42 Å². The fraction of sp³-hybridized carbons (Fsp3) is 0.235. The van der Waals surface area contributed by atoms with Crippen molar-refractivity contribution < 1.29 is 22.7 Å². The fourth-order valence-corrected chi connectivity index (χ4v) is 4.18. The Bertz CT molecular complexity index is 868. The standard InChI is InChI=1S/C17H18N2O5S/c1-23-16-9-8-13(12-15(16)19-10-5-11-25(19,21)22)18-17(20)24-14-6-3-2-4-7-14/h2-4,6-9,12H,5,10-11H2,1H3,(H,18,20). The lowest BCUT2D eigenvalue weighted by Gasteiger charge is -2.20. The van der Waals surface area contributed by atoms with E-state index in [1.807, 2.05) is 6.07 Å². The summed E-state index contributed by atoms with van der Waals surface area (Å²) in [6.07, 6.45) is -0.106. The van der Waals surface area contributed by atoms with Gasteiger partial charge in [-0.1, -0.05) is 18.2 Å². The minimum absolute atomic E-state index is 0.101. The molecule has 1 heterocycles. The lowest BCUT2D eigenvalue weighted by atomic mass is 10.2. The van der Waals surface area contributed by atoms with Gasteiger partial charge in [0.2, 0.25) is 10.0 Å². The Kier molecular flexibility index (Phi) is 4.80. The van der Waals surface area contributed by atoms with Crippen molar-refractivity contribution in [1.29, 1.82) is 0 Å². The molecular formula is C17H18N2O5S. The van der Waals surface area contributed by atoms with Crippen LogP contribution in [0.2, 0.25) is 0 Å². The van der Waals surface area contributed by atoms with E-state index in [4.69, 9.17) is 9.47 Å². The largest absolute Gasteiger partial charge is 0.495 e. The molecule has 0 aromatic heterocycles. The highest BCUT2D eigenvalue weighted by Crippen LogP contribution is 2.35. The first-order valence-corrected chi connectivity index (χ1v) is 9.33. The van der Waals surface area contributed by atoms with Gasteiger partial charge in [-0.05, 0) is 36.8 Å². The van der Waals surface area contributed by atoms with Crippen molar-refractivity contribution in [1.82, 2.24) is 0 Å². The number of sulfonamides is 1. The first-order valence-electron chi connectivity index (χ1n) is 7.72. The van der Waals surface area contributed by atoms with Crippen molar-refractivity contribution >= 4 is 27.5 Å². The summed E-state index contributed by atoms with van der Waals surface area (Å²) in [4.78, 5) is 12.0. The summed E-state index contributed by atoms with van der Waals surface area (Å²) in [6, 6.07) is 13.5. The third kappa shape index (κ3) is 3.85. The number of hydrogen-bond donors (Lipinski definition) is 1. The van der Waals surface area contributed by atoms with Gasteiger partial charge in [-0.15, -0.1) is 0 Å². The van der Waals surface area contributed by atoms with Crippen LogP contribution in [-0.2, 0) is 10.0 Å². The van der Waals surface area contributed by atoms with E-state index < -0.39 is 16.1 Å². The van der Waals surface area contributed by atoms with Crippen LogP contribution in [0.5, 0.6) is 11.5 Å². The van der Waals surface area contributed by atoms with Crippen molar-refractivity contribution in [3.63, 3.8) is 0 Å². The maximum absolute atomic E-state index is 12.2. The topological polar surface area (TPSA) is 84.9 Å². The number of anilines is 2. The molecule has 132 valence electrons. The molecule has 1 N–H and O–H groups in total. The van der Waals surface area contributed by atoms with Crippen molar-refractivity contribution in [3.05, 3.63) is 48.5 Å². The fourth-order valence-electron chi connectivity index (χ4n) is 2.61. The van der Waals surface area contributed by atoms with Gasteiger partial charge in [-0.3, -0.25) is 9.62 Å². The summed E-state index contributed by atoms with van der Waals surface area (Å²) in [5.74, 6) is 0.937. The van der Waals surface area contributed by atoms with E-state index in [9.17, 15) is 13.2 Å². The van der Waals surface area contributed by atoms with Crippen molar-refractivity contribution in [2.45, 2.75) is 6.42 Å². The highest BCUT2D eigenvalue weighted by atomic mass is 32.2. The number of carbonyl (C=O) groups excluding carboxylic acids is 1. The first kappa shape index (κ1) is 17.1. The maximum Gasteiger partial charge on any atom is 0.417 e. The van der Waals surface area contributed by atoms with E-state index in [0.717, 1.165) is 0 Å². The summed E-state index contributed by atoms with van der Waals surface area (Å²) in [6.45, 7) is 0.386. The molecule has 0 atom stereocenters. The average Bonchev–Trinajstić information content (AvgIpc) is 2.94. The number of para-hydroxylation sites is 1. The van der Waals surface area contributed by atoms with Crippen molar-refractivity contribution in [2.75, 3.05) is 29.0 Å². The summed E-state index contributed by atoms with van der Waals surface area (Å²) in [7, 11) is -1.89. The molecule has 3 rings (SSSR count). The van der Waals surface area contributed by atoms with Crippen LogP contribution >= 0.6 is 0 Å². The summed E-state index contributed by atoms with van der Waals surface area (Å²) in [5, 5.41) is 2.59. The van der Waals surface area contributed by atoms with Crippen LogP contribution in [-0.4, -0.2) is 33.9 Å². The zero-order valence-corrected chi connectivity index (χ0v) is 14.5. The Hall–Kier alpha value is -2.74. The second kappa shape index (κ2) is 7.02. The van der Waals surface area contributed by atoms with E-state index in [1.54, 1.807) is 42.5 Å². The third-order valence-electron chi connectivity index (χ3n) is 3.75. The Morgan fingerprint density at radius 1 is 1.16 bits per heavy atom. The number of ether oxygens (including phenoxy) is 2. The van der Waals surface area contributed by atoms with Crippen LogP contribution in [0.4, 0.5) is 16.2 Å². The van der Waals surface area contributed by atoms with Gasteiger partial charge in [0.1, 0.15) is 11.5 Å². The highest BCUT2D eigenvalue weighted by Gasteiger charge is 2.30. The van der Waals surface area contributed by atoms with Gasteiger partial charge in [0, 0.05) is 12.2 Å². The molecule has 1 aliphatic heterocycles. The number of hydrogen-bond acceptors (Lipinski definition) is 5. The number of amides is 1. The molecule has 1 aliphatic rings. The van der Waals surface area contributed by atoms with Crippen LogP contribution in [0.15, 0.2) is 48.5 Å². The zero-order chi connectivity index (χ0) is 17.9. The molecule has 8 heteroatoms. The monoisotopic (exact) mass is 362 g/mol. The summed E-state index contributed by atoms with van der Waals surface area (Å²) in [5.41, 5.74) is 0.816. The van der Waals surface area contributed by atoms with Gasteiger partial charge < -0.3 is 9.47 Å². The number of benzene rings is 2. The summed E-state index contributed by atoms with van der Waals surface area (Å²) < 4.78 is 36.1. The second-order valence-electron chi connectivity index (χ2n) is 5.46. The number of rotatable bonds is 4. The quantitative estimate of drug-likeness (QED) is 0.904. The van der Waals surface area contributed by atoms with Gasteiger partial charge in [0.25, 0.3) is 0 Å². The van der Waals surface area contributed by atoms with Crippen molar-refractivity contribution in [3.8, 4) is 11.5 Å². The Labute approximate surface area is 146 Å². The molecule has 0 saturated carbocycles. The van der Waals surface area contributed by atoms with Gasteiger partial charge in [-0.2, -0.15) is 0 Å². The Balaban J connectivity index is 1.81. The van der Waals surface area contributed by atoms with E-state index in [1.165, 1.54) is 11.4 Å². The third-order valence-corrected chi connectivity index (χ3v) is 5.60. The molecule has 2 aromatic carbocycles. The smallest absolute Gasteiger partial charge is 0.417 e. The average molecular weight is 362 g/mol. The Morgan fingerprint density at radius 3 is 2.56 bits per heavy atom. The second-order valence-corrected chi connectivity index (χ2v) is 7.47. The normalized spacial score (nSPS) is 15.6. The minimum Gasteiger partial charge on any atom is -0.495 e. The number of nitrogens with zero attached hydrogens (tertiary/aromatic N) is 1. The number of nitrogens with one attached hydrogen (secondary N) is 1. The number of methoxy groups -OCH3 is 1. The lowest BCUT2D eigenvalue weighted by Crippen LogP contribution is -2.26. The maximum atomic E-state index is 12.2. The molecule has 0 radical (unpaired) electrons. The predicted octanol–water partition coefficient (Wildman–Crippen LogP) is 2.85. The lowest BCUT2D eigenvalue weighted by molar-refractivity contribution is 0.215. The van der Waals surface area contributed by atoms with E-state index in [0.29, 0.717) is 35.8 Å². The molecule has 0 unspecified atom stereocenters. The van der Waals surface area contributed by atoms with E-state index in [2.05, 4.69) is 5.32 Å². The van der Waals surface area contributed by atoms with Gasteiger partial charge in [0.05, 0.1) is 18.6 Å². The molecule has 1 amide bonds. The van der Waals surface area contributed by atoms with Crippen LogP contribution < -0.4 is 19.1 Å². The molecular weight excluding hydrogens is 344 g/mol. The van der Waals surface area contributed by atoms with Gasteiger partial charge >= 0.3 is 6.09 Å². The Morgan fingerprint density at radius 2 is 1.92 bits per heavy atom. The molecule has 7 nitrogen and oxygen atoms in total. The predicted molar refractivity (Wildman–Crippen MR) is 94.8 cm³/mol. The minimum atomic E-state index is -3.36. The molecule has 0 aliphatic carbocycles. The van der Waals surface area contributed by atoms with E-state index >= 15 is 0 Å². The SMILES string of the molecule is COc1ccc(NC(=O)Oc2ccccc2)cc1N1CCCS1(=O)=O. The van der Waals surface area contributed by atoms with Crippen LogP contribution in [0.25, 0.3) is 0 Å². The molecule has 0 spiro atoms.